The van der Waals surface area contributed by atoms with Crippen LogP contribution >= 0.6 is 11.6 Å². The number of piperidine rings is 1. The van der Waals surface area contributed by atoms with E-state index in [-0.39, 0.29) is 25.9 Å². The molecule has 1 fully saturated rings. The maximum Gasteiger partial charge on any atom is 0.391 e. The fraction of sp³-hybridized carbons (Fsp3) is 0.533. The van der Waals surface area contributed by atoms with Gasteiger partial charge in [0.15, 0.2) is 0 Å². The van der Waals surface area contributed by atoms with E-state index in [1.165, 1.54) is 18.1 Å². The van der Waals surface area contributed by atoms with E-state index in [0.29, 0.717) is 16.3 Å². The monoisotopic (exact) mass is 351 g/mol. The van der Waals surface area contributed by atoms with Gasteiger partial charge in [-0.2, -0.15) is 13.2 Å². The third-order valence-electron chi connectivity index (χ3n) is 4.08. The van der Waals surface area contributed by atoms with E-state index in [1.807, 2.05) is 0 Å². The van der Waals surface area contributed by atoms with Crippen molar-refractivity contribution in [3.8, 4) is 5.75 Å². The molecule has 4 nitrogen and oxygen atoms in total. The Labute approximate surface area is 136 Å². The van der Waals surface area contributed by atoms with E-state index in [1.54, 1.807) is 12.1 Å². The summed E-state index contributed by atoms with van der Waals surface area (Å²) in [5.74, 6) is -2.18. The Hall–Kier alpha value is -1.47. The van der Waals surface area contributed by atoms with Gasteiger partial charge in [-0.3, -0.25) is 9.69 Å². The van der Waals surface area contributed by atoms with Gasteiger partial charge >= 0.3 is 12.1 Å². The lowest BCUT2D eigenvalue weighted by Crippen LogP contribution is -2.43. The number of hydrogen-bond donors (Lipinski definition) is 1. The first kappa shape index (κ1) is 17.9. The van der Waals surface area contributed by atoms with E-state index < -0.39 is 24.1 Å². The molecule has 1 N–H and O–H groups in total. The zero-order valence-corrected chi connectivity index (χ0v) is 13.2. The van der Waals surface area contributed by atoms with Gasteiger partial charge in [0.05, 0.1) is 13.0 Å². The van der Waals surface area contributed by atoms with Crippen LogP contribution in [-0.2, 0) is 4.79 Å². The fourth-order valence-electron chi connectivity index (χ4n) is 2.89. The number of rotatable bonds is 4. The number of methoxy groups -OCH3 is 1. The molecular weight excluding hydrogens is 335 g/mol. The van der Waals surface area contributed by atoms with E-state index in [9.17, 15) is 23.1 Å². The van der Waals surface area contributed by atoms with Crippen molar-refractivity contribution in [1.29, 1.82) is 0 Å². The van der Waals surface area contributed by atoms with Gasteiger partial charge in [0, 0.05) is 10.6 Å². The number of alkyl halides is 3. The molecular formula is C15H17ClF3NO3. The second-order valence-corrected chi connectivity index (χ2v) is 5.92. The van der Waals surface area contributed by atoms with E-state index in [0.717, 1.165) is 0 Å². The highest BCUT2D eigenvalue weighted by Gasteiger charge is 2.43. The van der Waals surface area contributed by atoms with Crippen LogP contribution < -0.4 is 4.74 Å². The number of ether oxygens (including phenoxy) is 1. The van der Waals surface area contributed by atoms with Gasteiger partial charge in [0.2, 0.25) is 0 Å². The van der Waals surface area contributed by atoms with Gasteiger partial charge in [-0.25, -0.2) is 0 Å². The molecule has 23 heavy (non-hydrogen) atoms. The van der Waals surface area contributed by atoms with Crippen molar-refractivity contribution < 1.29 is 27.8 Å². The normalized spacial score (nSPS) is 18.7. The number of likely N-dealkylation sites (tertiary alicyclic amines) is 1. The maximum atomic E-state index is 12.8. The molecule has 1 aromatic rings. The van der Waals surface area contributed by atoms with Gasteiger partial charge in [0.25, 0.3) is 0 Å². The number of nitrogens with zero attached hydrogens (tertiary/aromatic N) is 1. The molecule has 1 aliphatic heterocycles. The lowest BCUT2D eigenvalue weighted by molar-refractivity contribution is -0.187. The molecule has 128 valence electrons. The number of carbonyl (C=O) groups is 1. The van der Waals surface area contributed by atoms with E-state index in [4.69, 9.17) is 16.3 Å². The lowest BCUT2D eigenvalue weighted by atomic mass is 9.93. The third-order valence-corrected chi connectivity index (χ3v) is 4.31. The average Bonchev–Trinajstić information content (AvgIpc) is 2.47. The Morgan fingerprint density at radius 1 is 1.39 bits per heavy atom. The average molecular weight is 352 g/mol. The minimum Gasteiger partial charge on any atom is -0.496 e. The molecule has 1 heterocycles. The number of carboxylic acid groups (broad SMARTS) is 1. The zero-order chi connectivity index (χ0) is 17.2. The Kier molecular flexibility index (Phi) is 5.41. The van der Waals surface area contributed by atoms with Crippen molar-refractivity contribution in [1.82, 2.24) is 4.90 Å². The summed E-state index contributed by atoms with van der Waals surface area (Å²) in [7, 11) is 1.40. The molecule has 0 radical (unpaired) electrons. The predicted octanol–water partition coefficient (Wildman–Crippen LogP) is 3.75. The highest BCUT2D eigenvalue weighted by molar-refractivity contribution is 6.30. The quantitative estimate of drug-likeness (QED) is 0.897. The van der Waals surface area contributed by atoms with Crippen molar-refractivity contribution in [3.63, 3.8) is 0 Å². The highest BCUT2D eigenvalue weighted by Crippen LogP contribution is 2.38. The van der Waals surface area contributed by atoms with Crippen LogP contribution in [0.15, 0.2) is 18.2 Å². The molecule has 8 heteroatoms. The molecule has 0 saturated carbocycles. The first-order chi connectivity index (χ1) is 10.7. The summed E-state index contributed by atoms with van der Waals surface area (Å²) in [6, 6.07) is 3.52. The Morgan fingerprint density at radius 3 is 2.48 bits per heavy atom. The number of halogens is 4. The van der Waals surface area contributed by atoms with Crippen molar-refractivity contribution >= 4 is 17.6 Å². The smallest absolute Gasteiger partial charge is 0.391 e. The molecule has 0 bridgehead atoms. The molecule has 0 aromatic heterocycles. The molecule has 1 aromatic carbocycles. The summed E-state index contributed by atoms with van der Waals surface area (Å²) in [6.07, 6.45) is -4.47. The first-order valence-corrected chi connectivity index (χ1v) is 7.49. The number of hydrogen-bond acceptors (Lipinski definition) is 3. The van der Waals surface area contributed by atoms with Gasteiger partial charge in [-0.15, -0.1) is 0 Å². The minimum atomic E-state index is -4.24. The predicted molar refractivity (Wildman–Crippen MR) is 78.7 cm³/mol. The summed E-state index contributed by atoms with van der Waals surface area (Å²) in [4.78, 5) is 13.2. The topological polar surface area (TPSA) is 49.8 Å². The molecule has 1 atom stereocenters. The van der Waals surface area contributed by atoms with Crippen molar-refractivity contribution in [2.75, 3.05) is 20.2 Å². The van der Waals surface area contributed by atoms with Gasteiger partial charge < -0.3 is 9.84 Å². The third kappa shape index (κ3) is 4.09. The van der Waals surface area contributed by atoms with Crippen molar-refractivity contribution in [2.24, 2.45) is 5.92 Å². The van der Waals surface area contributed by atoms with Crippen LogP contribution in [0.1, 0.15) is 24.4 Å². The molecule has 0 spiro atoms. The van der Waals surface area contributed by atoms with Crippen LogP contribution in [0.3, 0.4) is 0 Å². The Morgan fingerprint density at radius 2 is 2.00 bits per heavy atom. The molecule has 1 unspecified atom stereocenters. The first-order valence-electron chi connectivity index (χ1n) is 7.11. The summed E-state index contributed by atoms with van der Waals surface area (Å²) in [5, 5.41) is 9.90. The van der Waals surface area contributed by atoms with Crippen LogP contribution in [0.4, 0.5) is 13.2 Å². The van der Waals surface area contributed by atoms with Crippen LogP contribution in [0.5, 0.6) is 5.75 Å². The highest BCUT2D eigenvalue weighted by atomic mass is 35.5. The van der Waals surface area contributed by atoms with Gasteiger partial charge in [-0.1, -0.05) is 11.6 Å². The van der Waals surface area contributed by atoms with Gasteiger partial charge in [-0.05, 0) is 44.1 Å². The molecule has 0 amide bonds. The second kappa shape index (κ2) is 6.97. The lowest BCUT2D eigenvalue weighted by Gasteiger charge is -2.36. The zero-order valence-electron chi connectivity index (χ0n) is 12.4. The molecule has 1 aliphatic rings. The summed E-state index contributed by atoms with van der Waals surface area (Å²) in [6.45, 7) is 0.105. The fourth-order valence-corrected chi connectivity index (χ4v) is 3.07. The van der Waals surface area contributed by atoms with Crippen LogP contribution in [0.2, 0.25) is 5.02 Å². The SMILES string of the molecule is COc1ccc(Cl)cc1C(C(=O)O)N1CCC(C(F)(F)F)CC1. The van der Waals surface area contributed by atoms with Crippen LogP contribution in [-0.4, -0.2) is 42.4 Å². The second-order valence-electron chi connectivity index (χ2n) is 5.48. The molecule has 0 aliphatic carbocycles. The summed E-state index contributed by atoms with van der Waals surface area (Å²) < 4.78 is 43.4. The van der Waals surface area contributed by atoms with Crippen LogP contribution in [0.25, 0.3) is 0 Å². The summed E-state index contributed by atoms with van der Waals surface area (Å²) in [5.41, 5.74) is 0.345. The van der Waals surface area contributed by atoms with E-state index >= 15 is 0 Å². The van der Waals surface area contributed by atoms with Crippen LogP contribution in [0, 0.1) is 5.92 Å². The Balaban J connectivity index is 2.24. The Bertz CT molecular complexity index is 572. The standard InChI is InChI=1S/C15H17ClF3NO3/c1-23-12-3-2-10(16)8-11(12)13(14(21)22)20-6-4-9(5-7-20)15(17,18)19/h2-3,8-9,13H,4-7H2,1H3,(H,21,22). The minimum absolute atomic E-state index is 0.0524. The maximum absolute atomic E-state index is 12.8. The van der Waals surface area contributed by atoms with Gasteiger partial charge in [0.1, 0.15) is 11.8 Å². The number of aliphatic carboxylic acids is 1. The largest absolute Gasteiger partial charge is 0.496 e. The molecule has 1 saturated heterocycles. The number of carboxylic acids is 1. The van der Waals surface area contributed by atoms with Crippen molar-refractivity contribution in [2.45, 2.75) is 25.1 Å². The summed E-state index contributed by atoms with van der Waals surface area (Å²) >= 11 is 5.93. The molecule has 2 rings (SSSR count). The van der Waals surface area contributed by atoms with Crippen molar-refractivity contribution in [3.05, 3.63) is 28.8 Å². The number of benzene rings is 1. The van der Waals surface area contributed by atoms with E-state index in [2.05, 4.69) is 0 Å².